The fourth-order valence-corrected chi connectivity index (χ4v) is 4.24. The van der Waals surface area contributed by atoms with E-state index in [1.807, 2.05) is 0 Å². The van der Waals surface area contributed by atoms with Crippen molar-refractivity contribution in [3.63, 3.8) is 0 Å². The third-order valence-electron chi connectivity index (χ3n) is 5.49. The summed E-state index contributed by atoms with van der Waals surface area (Å²) in [6, 6.07) is 0. The van der Waals surface area contributed by atoms with Gasteiger partial charge in [0.2, 0.25) is 0 Å². The van der Waals surface area contributed by atoms with Crippen LogP contribution in [-0.2, 0) is 0 Å². The zero-order valence-corrected chi connectivity index (χ0v) is 11.3. The molecule has 2 aliphatic rings. The van der Waals surface area contributed by atoms with Crippen molar-refractivity contribution >= 4 is 0 Å². The molecular formula is C15H26O2. The Kier molecular flexibility index (Phi) is 3.39. The quantitative estimate of drug-likeness (QED) is 0.689. The Balaban J connectivity index is 2.32. The maximum atomic E-state index is 10.3. The Labute approximate surface area is 105 Å². The molecule has 0 radical (unpaired) electrons. The summed E-state index contributed by atoms with van der Waals surface area (Å²) >= 11 is 0. The third kappa shape index (κ3) is 1.96. The second-order valence-electron chi connectivity index (χ2n) is 6.72. The molecule has 0 heterocycles. The van der Waals surface area contributed by atoms with Gasteiger partial charge in [-0.1, -0.05) is 32.9 Å². The van der Waals surface area contributed by atoms with E-state index in [0.717, 1.165) is 19.3 Å². The van der Waals surface area contributed by atoms with Crippen LogP contribution in [0.5, 0.6) is 0 Å². The first-order chi connectivity index (χ1) is 7.89. The molecule has 2 nitrogen and oxygen atoms in total. The van der Waals surface area contributed by atoms with Crippen LogP contribution in [0, 0.1) is 29.1 Å². The summed E-state index contributed by atoms with van der Waals surface area (Å²) in [5.74, 6) is 1.75. The minimum atomic E-state index is -0.204. The van der Waals surface area contributed by atoms with Crippen molar-refractivity contribution < 1.29 is 10.2 Å². The largest absolute Gasteiger partial charge is 0.396 e. The topological polar surface area (TPSA) is 40.5 Å². The first-order valence-electron chi connectivity index (χ1n) is 6.86. The second-order valence-corrected chi connectivity index (χ2v) is 6.72. The highest BCUT2D eigenvalue weighted by atomic mass is 16.3. The number of aliphatic hydroxyl groups excluding tert-OH is 2. The van der Waals surface area contributed by atoms with Gasteiger partial charge in [-0.05, 0) is 42.4 Å². The van der Waals surface area contributed by atoms with Crippen LogP contribution in [0.2, 0.25) is 0 Å². The van der Waals surface area contributed by atoms with Crippen LogP contribution in [0.4, 0.5) is 0 Å². The van der Waals surface area contributed by atoms with Gasteiger partial charge in [0.15, 0.2) is 0 Å². The van der Waals surface area contributed by atoms with Crippen molar-refractivity contribution in [2.45, 2.75) is 46.1 Å². The SMILES string of the molecule is C=C1CCC2C(C1CO)[C@@H](C)CC(O)C2(C)C. The van der Waals surface area contributed by atoms with Crippen molar-refractivity contribution in [2.75, 3.05) is 6.61 Å². The lowest BCUT2D eigenvalue weighted by Crippen LogP contribution is -2.52. The Morgan fingerprint density at radius 2 is 2.06 bits per heavy atom. The van der Waals surface area contributed by atoms with Crippen LogP contribution in [0.15, 0.2) is 12.2 Å². The van der Waals surface area contributed by atoms with Crippen LogP contribution in [0.25, 0.3) is 0 Å². The van der Waals surface area contributed by atoms with Crippen molar-refractivity contribution in [3.05, 3.63) is 12.2 Å². The monoisotopic (exact) mass is 238 g/mol. The van der Waals surface area contributed by atoms with Crippen LogP contribution < -0.4 is 0 Å². The predicted octanol–water partition coefficient (Wildman–Crippen LogP) is 2.60. The van der Waals surface area contributed by atoms with Crippen LogP contribution in [-0.4, -0.2) is 22.9 Å². The van der Waals surface area contributed by atoms with Crippen molar-refractivity contribution in [1.29, 1.82) is 0 Å². The van der Waals surface area contributed by atoms with E-state index in [-0.39, 0.29) is 24.0 Å². The molecular weight excluding hydrogens is 212 g/mol. The molecule has 0 aromatic carbocycles. The van der Waals surface area contributed by atoms with E-state index < -0.39 is 0 Å². The van der Waals surface area contributed by atoms with E-state index in [9.17, 15) is 10.2 Å². The summed E-state index contributed by atoms with van der Waals surface area (Å²) < 4.78 is 0. The van der Waals surface area contributed by atoms with Gasteiger partial charge in [-0.2, -0.15) is 0 Å². The van der Waals surface area contributed by atoms with Crippen molar-refractivity contribution in [1.82, 2.24) is 0 Å². The van der Waals surface area contributed by atoms with E-state index in [0.29, 0.717) is 17.8 Å². The lowest BCUT2D eigenvalue weighted by atomic mass is 9.51. The molecule has 0 saturated heterocycles. The zero-order chi connectivity index (χ0) is 12.8. The maximum absolute atomic E-state index is 10.3. The first kappa shape index (κ1) is 13.1. The van der Waals surface area contributed by atoms with Crippen molar-refractivity contribution in [3.8, 4) is 0 Å². The van der Waals surface area contributed by atoms with Gasteiger partial charge in [0.25, 0.3) is 0 Å². The molecule has 0 amide bonds. The molecule has 5 atom stereocenters. The van der Waals surface area contributed by atoms with Gasteiger partial charge in [0.1, 0.15) is 0 Å². The molecule has 17 heavy (non-hydrogen) atoms. The minimum absolute atomic E-state index is 0.0225. The second kappa shape index (κ2) is 4.40. The average Bonchev–Trinajstić information content (AvgIpc) is 2.26. The van der Waals surface area contributed by atoms with Gasteiger partial charge in [0.05, 0.1) is 6.10 Å². The Morgan fingerprint density at radius 1 is 1.41 bits per heavy atom. The van der Waals surface area contributed by atoms with Gasteiger partial charge in [-0.15, -0.1) is 0 Å². The molecule has 0 aromatic heterocycles. The van der Waals surface area contributed by atoms with Gasteiger partial charge in [-0.25, -0.2) is 0 Å². The molecule has 2 heteroatoms. The molecule has 98 valence electrons. The summed E-state index contributed by atoms with van der Waals surface area (Å²) in [5, 5.41) is 19.9. The summed E-state index contributed by atoms with van der Waals surface area (Å²) in [6.07, 6.45) is 2.78. The van der Waals surface area contributed by atoms with Crippen LogP contribution in [0.1, 0.15) is 40.0 Å². The molecule has 0 aromatic rings. The Bertz CT molecular complexity index is 308. The molecule has 2 fully saturated rings. The van der Waals surface area contributed by atoms with Gasteiger partial charge in [-0.3, -0.25) is 0 Å². The fraction of sp³-hybridized carbons (Fsp3) is 0.867. The number of aliphatic hydroxyl groups is 2. The number of fused-ring (bicyclic) bond motifs is 1. The molecule has 2 aliphatic carbocycles. The van der Waals surface area contributed by atoms with Gasteiger partial charge >= 0.3 is 0 Å². The highest BCUT2D eigenvalue weighted by molar-refractivity contribution is 5.13. The van der Waals surface area contributed by atoms with Crippen LogP contribution in [0.3, 0.4) is 0 Å². The summed E-state index contributed by atoms with van der Waals surface area (Å²) in [4.78, 5) is 0. The summed E-state index contributed by atoms with van der Waals surface area (Å²) in [7, 11) is 0. The normalized spacial score (nSPS) is 45.5. The van der Waals surface area contributed by atoms with E-state index in [4.69, 9.17) is 0 Å². The maximum Gasteiger partial charge on any atom is 0.0596 e. The fourth-order valence-electron chi connectivity index (χ4n) is 4.24. The highest BCUT2D eigenvalue weighted by Gasteiger charge is 2.51. The van der Waals surface area contributed by atoms with Crippen LogP contribution >= 0.6 is 0 Å². The van der Waals surface area contributed by atoms with E-state index in [2.05, 4.69) is 27.4 Å². The number of hydrogen-bond acceptors (Lipinski definition) is 2. The molecule has 2 saturated carbocycles. The lowest BCUT2D eigenvalue weighted by molar-refractivity contribution is -0.108. The molecule has 0 aliphatic heterocycles. The third-order valence-corrected chi connectivity index (χ3v) is 5.49. The molecule has 0 spiro atoms. The highest BCUT2D eigenvalue weighted by Crippen LogP contribution is 2.55. The lowest BCUT2D eigenvalue weighted by Gasteiger charge is -2.55. The van der Waals surface area contributed by atoms with E-state index in [1.54, 1.807) is 0 Å². The summed E-state index contributed by atoms with van der Waals surface area (Å²) in [5.41, 5.74) is 1.19. The van der Waals surface area contributed by atoms with Gasteiger partial charge in [0, 0.05) is 12.5 Å². The number of hydrogen-bond donors (Lipinski definition) is 2. The zero-order valence-electron chi connectivity index (χ0n) is 11.3. The number of rotatable bonds is 1. The van der Waals surface area contributed by atoms with E-state index in [1.165, 1.54) is 5.57 Å². The predicted molar refractivity (Wildman–Crippen MR) is 69.5 cm³/mol. The Hall–Kier alpha value is -0.340. The average molecular weight is 238 g/mol. The Morgan fingerprint density at radius 3 is 2.65 bits per heavy atom. The van der Waals surface area contributed by atoms with Crippen molar-refractivity contribution in [2.24, 2.45) is 29.1 Å². The van der Waals surface area contributed by atoms with Gasteiger partial charge < -0.3 is 10.2 Å². The standard InChI is InChI=1S/C15H26O2/c1-9-5-6-12-14(11(9)8-16)10(2)7-13(17)15(12,3)4/h10-14,16-17H,1,5-8H2,2-4H3/t10-,11?,12?,13?,14?/m0/s1. The minimum Gasteiger partial charge on any atom is -0.396 e. The molecule has 0 bridgehead atoms. The molecule has 2 N–H and O–H groups in total. The molecule has 2 rings (SSSR count). The smallest absolute Gasteiger partial charge is 0.0596 e. The van der Waals surface area contributed by atoms with E-state index >= 15 is 0 Å². The summed E-state index contributed by atoms with van der Waals surface area (Å²) in [6.45, 7) is 10.9. The molecule has 4 unspecified atom stereocenters. The first-order valence-corrected chi connectivity index (χ1v) is 6.86.